The van der Waals surface area contributed by atoms with Gasteiger partial charge in [0.15, 0.2) is 0 Å². The van der Waals surface area contributed by atoms with Crippen molar-refractivity contribution in [1.29, 1.82) is 0 Å². The van der Waals surface area contributed by atoms with Gasteiger partial charge in [-0.1, -0.05) is 80.4 Å². The molecule has 0 unspecified atom stereocenters. The van der Waals surface area contributed by atoms with Crippen molar-refractivity contribution < 1.29 is 34.1 Å². The van der Waals surface area contributed by atoms with E-state index in [0.717, 1.165) is 5.56 Å². The van der Waals surface area contributed by atoms with Gasteiger partial charge in [0, 0.05) is 11.1 Å². The average Bonchev–Trinajstić information content (AvgIpc) is 2.84. The normalized spacial score (nSPS) is 9.38. The summed E-state index contributed by atoms with van der Waals surface area (Å²) in [6.45, 7) is 11.2. The van der Waals surface area contributed by atoms with Crippen molar-refractivity contribution in [3.63, 3.8) is 0 Å². The molecule has 0 saturated carbocycles. The Balaban J connectivity index is 0.000000524. The van der Waals surface area contributed by atoms with E-state index in [4.69, 9.17) is 14.9 Å². The first-order valence-corrected chi connectivity index (χ1v) is 10.0. The van der Waals surface area contributed by atoms with Gasteiger partial charge in [-0.15, -0.1) is 0 Å². The maximum absolute atomic E-state index is 11.1. The smallest absolute Gasteiger partial charge is 0.341 e. The number of carboxylic acid groups (broad SMARTS) is 1. The monoisotopic (exact) mass is 466 g/mol. The highest BCUT2D eigenvalue weighted by molar-refractivity contribution is 5.89. The summed E-state index contributed by atoms with van der Waals surface area (Å²) in [5.74, 6) is -1.45. The highest BCUT2D eigenvalue weighted by atomic mass is 16.5. The Morgan fingerprint density at radius 2 is 1.38 bits per heavy atom. The summed E-state index contributed by atoms with van der Waals surface area (Å²) in [5.41, 5.74) is 1.79. The molecule has 180 valence electrons. The highest BCUT2D eigenvalue weighted by Crippen LogP contribution is 2.10. The molecule has 0 aromatic heterocycles. The first-order chi connectivity index (χ1) is 16.1. The Hall–Kier alpha value is -4.23. The van der Waals surface area contributed by atoms with Crippen LogP contribution in [-0.2, 0) is 19.1 Å². The summed E-state index contributed by atoms with van der Waals surface area (Å²) in [6, 6.07) is 18.5. The first-order valence-electron chi connectivity index (χ1n) is 10.0. The summed E-state index contributed by atoms with van der Waals surface area (Å²) >= 11 is 0. The average molecular weight is 467 g/mol. The summed E-state index contributed by atoms with van der Waals surface area (Å²) in [6.07, 6.45) is 4.37. The SMILES string of the molecule is C=C(C)C(=O)O.C=C(CC=Cc1ccccc1)C(=O)OC.C=C(CO)C(=O)Oc1ccccc1. The minimum Gasteiger partial charge on any atom is -0.478 e. The topological polar surface area (TPSA) is 110 Å². The summed E-state index contributed by atoms with van der Waals surface area (Å²) in [5, 5.41) is 16.5. The molecule has 7 heteroatoms. The van der Waals surface area contributed by atoms with E-state index in [9.17, 15) is 14.4 Å². The van der Waals surface area contributed by atoms with Crippen LogP contribution < -0.4 is 4.74 Å². The number of para-hydroxylation sites is 1. The van der Waals surface area contributed by atoms with E-state index in [1.54, 1.807) is 24.3 Å². The number of ether oxygens (including phenoxy) is 2. The molecule has 0 amide bonds. The predicted octanol–water partition coefficient (Wildman–Crippen LogP) is 4.61. The number of rotatable bonds is 8. The molecule has 2 N–H and O–H groups in total. The molecule has 0 spiro atoms. The molecular formula is C27H30O7. The van der Waals surface area contributed by atoms with Crippen molar-refractivity contribution in [3.05, 3.63) is 109 Å². The van der Waals surface area contributed by atoms with Gasteiger partial charge in [-0.05, 0) is 31.0 Å². The van der Waals surface area contributed by atoms with Crippen molar-refractivity contribution >= 4 is 24.0 Å². The first kappa shape index (κ1) is 29.8. The molecule has 0 aliphatic carbocycles. The minimum absolute atomic E-state index is 0.0452. The second-order valence-electron chi connectivity index (χ2n) is 6.66. The standard InChI is InChI=1S/C13H14O2.C10H10O3.C4H6O2/c1-11(13(14)15-2)7-6-10-12-8-4-3-5-9-12;1-8(7-11)10(12)13-9-5-3-2-4-6-9;1-3(2)4(5)6/h3-6,8-10H,1,7H2,2H3;2-6,11H,1,7H2;1H2,2H3,(H,5,6). The Kier molecular flexibility index (Phi) is 15.2. The van der Waals surface area contributed by atoms with Crippen LogP contribution >= 0.6 is 0 Å². The molecule has 34 heavy (non-hydrogen) atoms. The van der Waals surface area contributed by atoms with Crippen molar-refractivity contribution in [2.45, 2.75) is 13.3 Å². The number of carboxylic acids is 1. The van der Waals surface area contributed by atoms with Crippen LogP contribution in [-0.4, -0.2) is 41.8 Å². The molecular weight excluding hydrogens is 436 g/mol. The molecule has 7 nitrogen and oxygen atoms in total. The third kappa shape index (κ3) is 14.0. The van der Waals surface area contributed by atoms with Crippen molar-refractivity contribution in [2.24, 2.45) is 0 Å². The number of aliphatic hydroxyl groups is 1. The van der Waals surface area contributed by atoms with Crippen molar-refractivity contribution in [1.82, 2.24) is 0 Å². The molecule has 0 radical (unpaired) electrons. The number of carbonyl (C=O) groups excluding carboxylic acids is 2. The lowest BCUT2D eigenvalue weighted by Gasteiger charge is -2.03. The lowest BCUT2D eigenvalue weighted by molar-refractivity contribution is -0.136. The van der Waals surface area contributed by atoms with Gasteiger partial charge < -0.3 is 19.7 Å². The minimum atomic E-state index is -0.935. The van der Waals surface area contributed by atoms with E-state index in [1.165, 1.54) is 14.0 Å². The van der Waals surface area contributed by atoms with Crippen molar-refractivity contribution in [3.8, 4) is 5.75 Å². The van der Waals surface area contributed by atoms with Gasteiger partial charge in [-0.3, -0.25) is 0 Å². The number of carbonyl (C=O) groups is 3. The number of esters is 2. The molecule has 0 atom stereocenters. The molecule has 0 aliphatic rings. The molecule has 2 aromatic carbocycles. The molecule has 0 fully saturated rings. The van der Waals surface area contributed by atoms with Crippen LogP contribution in [0.1, 0.15) is 18.9 Å². The van der Waals surface area contributed by atoms with Gasteiger partial charge in [0.05, 0.1) is 19.3 Å². The molecule has 2 aromatic rings. The van der Waals surface area contributed by atoms with Crippen LogP contribution in [0.5, 0.6) is 5.75 Å². The summed E-state index contributed by atoms with van der Waals surface area (Å²) in [4.78, 5) is 31.7. The lowest BCUT2D eigenvalue weighted by atomic mass is 10.1. The summed E-state index contributed by atoms with van der Waals surface area (Å²) in [7, 11) is 1.36. The van der Waals surface area contributed by atoms with E-state index in [0.29, 0.717) is 17.7 Å². The Morgan fingerprint density at radius 1 is 0.882 bits per heavy atom. The lowest BCUT2D eigenvalue weighted by Crippen LogP contribution is -2.12. The fourth-order valence-electron chi connectivity index (χ4n) is 1.86. The molecule has 0 aliphatic heterocycles. The zero-order chi connectivity index (χ0) is 25.9. The largest absolute Gasteiger partial charge is 0.478 e. The second kappa shape index (κ2) is 17.3. The van der Waals surface area contributed by atoms with Crippen LogP contribution in [0.2, 0.25) is 0 Å². The number of benzene rings is 2. The number of aliphatic carboxylic acids is 1. The number of hydrogen-bond donors (Lipinski definition) is 2. The third-order valence-electron chi connectivity index (χ3n) is 3.75. The van der Waals surface area contributed by atoms with E-state index in [1.807, 2.05) is 48.6 Å². The van der Waals surface area contributed by atoms with E-state index >= 15 is 0 Å². The van der Waals surface area contributed by atoms with Gasteiger partial charge in [-0.2, -0.15) is 0 Å². The van der Waals surface area contributed by atoms with Crippen LogP contribution in [0.3, 0.4) is 0 Å². The fraction of sp³-hybridized carbons (Fsp3) is 0.148. The van der Waals surface area contributed by atoms with Gasteiger partial charge >= 0.3 is 17.9 Å². The van der Waals surface area contributed by atoms with Gasteiger partial charge in [-0.25, -0.2) is 14.4 Å². The van der Waals surface area contributed by atoms with Crippen LogP contribution in [0.4, 0.5) is 0 Å². The number of hydrogen-bond acceptors (Lipinski definition) is 6. The Bertz CT molecular complexity index is 978. The highest BCUT2D eigenvalue weighted by Gasteiger charge is 2.07. The van der Waals surface area contributed by atoms with Crippen LogP contribution in [0.15, 0.2) is 103 Å². The predicted molar refractivity (Wildman–Crippen MR) is 132 cm³/mol. The Morgan fingerprint density at radius 3 is 1.82 bits per heavy atom. The van der Waals surface area contributed by atoms with Gasteiger partial charge in [0.25, 0.3) is 0 Å². The molecule has 2 rings (SSSR count). The maximum atomic E-state index is 11.1. The third-order valence-corrected chi connectivity index (χ3v) is 3.75. The maximum Gasteiger partial charge on any atom is 0.341 e. The zero-order valence-electron chi connectivity index (χ0n) is 19.4. The van der Waals surface area contributed by atoms with Gasteiger partial charge in [0.1, 0.15) is 5.75 Å². The number of methoxy groups -OCH3 is 1. The van der Waals surface area contributed by atoms with Gasteiger partial charge in [0.2, 0.25) is 0 Å². The Labute approximate surface area is 200 Å². The molecule has 0 heterocycles. The van der Waals surface area contributed by atoms with E-state index in [-0.39, 0.29) is 23.7 Å². The molecule has 0 saturated heterocycles. The van der Waals surface area contributed by atoms with Crippen molar-refractivity contribution in [2.75, 3.05) is 13.7 Å². The second-order valence-corrected chi connectivity index (χ2v) is 6.66. The van der Waals surface area contributed by atoms with Crippen LogP contribution in [0.25, 0.3) is 6.08 Å². The fourth-order valence-corrected chi connectivity index (χ4v) is 1.86. The number of allylic oxidation sites excluding steroid dienone is 1. The quantitative estimate of drug-likeness (QED) is 0.332. The van der Waals surface area contributed by atoms with Crippen LogP contribution in [0, 0.1) is 0 Å². The molecule has 0 bridgehead atoms. The summed E-state index contributed by atoms with van der Waals surface area (Å²) < 4.78 is 9.41. The zero-order valence-corrected chi connectivity index (χ0v) is 19.4. The number of aliphatic hydroxyl groups excluding tert-OH is 1. The van der Waals surface area contributed by atoms with E-state index in [2.05, 4.69) is 24.5 Å². The van der Waals surface area contributed by atoms with E-state index < -0.39 is 11.9 Å².